The van der Waals surface area contributed by atoms with E-state index in [-0.39, 0.29) is 5.54 Å². The summed E-state index contributed by atoms with van der Waals surface area (Å²) in [7, 11) is 0. The van der Waals surface area contributed by atoms with E-state index in [2.05, 4.69) is 48.7 Å². The Morgan fingerprint density at radius 3 is 2.57 bits per heavy atom. The second-order valence-corrected chi connectivity index (χ2v) is 6.37. The predicted octanol–water partition coefficient (Wildman–Crippen LogP) is 3.21. The highest BCUT2D eigenvalue weighted by Crippen LogP contribution is 2.36. The van der Waals surface area contributed by atoms with Crippen LogP contribution in [0.15, 0.2) is 12.4 Å². The molecule has 4 nitrogen and oxygen atoms in total. The minimum absolute atomic E-state index is 0.142. The number of aromatic nitrogens is 2. The van der Waals surface area contributed by atoms with Gasteiger partial charge in [-0.1, -0.05) is 20.8 Å². The lowest BCUT2D eigenvalue weighted by Gasteiger charge is -2.44. The van der Waals surface area contributed by atoms with Crippen LogP contribution >= 0.6 is 0 Å². The number of rotatable bonds is 8. The Hall–Kier alpha value is -0.870. The zero-order valence-corrected chi connectivity index (χ0v) is 14.2. The SMILES string of the molecule is CCCn1ccnc1C(NCC)C(C)(CC)N1CCCC1. The van der Waals surface area contributed by atoms with Gasteiger partial charge in [0.15, 0.2) is 0 Å². The number of nitrogens with zero attached hydrogens (tertiary/aromatic N) is 3. The number of imidazole rings is 1. The molecule has 2 rings (SSSR count). The smallest absolute Gasteiger partial charge is 0.127 e. The predicted molar refractivity (Wildman–Crippen MR) is 88.4 cm³/mol. The summed E-state index contributed by atoms with van der Waals surface area (Å²) in [5, 5.41) is 3.73. The summed E-state index contributed by atoms with van der Waals surface area (Å²) in [6.07, 6.45) is 9.03. The van der Waals surface area contributed by atoms with Crippen molar-refractivity contribution in [3.63, 3.8) is 0 Å². The first-order valence-electron chi connectivity index (χ1n) is 8.66. The van der Waals surface area contributed by atoms with Crippen LogP contribution in [0.1, 0.15) is 65.2 Å². The summed E-state index contributed by atoms with van der Waals surface area (Å²) in [4.78, 5) is 7.38. The fraction of sp³-hybridized carbons (Fsp3) is 0.824. The normalized spacial score (nSPS) is 20.6. The highest BCUT2D eigenvalue weighted by atomic mass is 15.3. The zero-order valence-electron chi connectivity index (χ0n) is 14.2. The number of nitrogens with one attached hydrogen (secondary N) is 1. The van der Waals surface area contributed by atoms with Gasteiger partial charge in [0.2, 0.25) is 0 Å². The monoisotopic (exact) mass is 292 g/mol. The molecule has 2 heterocycles. The minimum atomic E-state index is 0.142. The molecule has 0 bridgehead atoms. The zero-order chi connectivity index (χ0) is 15.3. The summed E-state index contributed by atoms with van der Waals surface area (Å²) in [6, 6.07) is 0.298. The molecule has 0 radical (unpaired) electrons. The number of hydrogen-bond donors (Lipinski definition) is 1. The topological polar surface area (TPSA) is 33.1 Å². The van der Waals surface area contributed by atoms with Crippen molar-refractivity contribution < 1.29 is 0 Å². The fourth-order valence-corrected chi connectivity index (χ4v) is 3.64. The molecule has 2 unspecified atom stereocenters. The van der Waals surface area contributed by atoms with Crippen molar-refractivity contribution in [1.29, 1.82) is 0 Å². The summed E-state index contributed by atoms with van der Waals surface area (Å²) >= 11 is 0. The standard InChI is InChI=1S/C17H32N4/c1-5-11-20-14-10-19-16(20)15(18-7-3)17(4,6-2)21-12-8-9-13-21/h10,14-15,18H,5-9,11-13H2,1-4H3. The molecule has 0 amide bonds. The molecule has 1 aliphatic heterocycles. The Kier molecular flexibility index (Phi) is 5.82. The van der Waals surface area contributed by atoms with Gasteiger partial charge in [0.1, 0.15) is 5.82 Å². The van der Waals surface area contributed by atoms with Gasteiger partial charge in [-0.25, -0.2) is 4.98 Å². The van der Waals surface area contributed by atoms with Crippen LogP contribution in [-0.4, -0.2) is 39.6 Å². The number of likely N-dealkylation sites (N-methyl/N-ethyl adjacent to an activating group) is 1. The molecule has 1 fully saturated rings. The molecule has 1 aromatic rings. The van der Waals surface area contributed by atoms with Gasteiger partial charge in [0.25, 0.3) is 0 Å². The molecule has 0 spiro atoms. The van der Waals surface area contributed by atoms with Gasteiger partial charge in [0, 0.05) is 24.5 Å². The number of hydrogen-bond acceptors (Lipinski definition) is 3. The second-order valence-electron chi connectivity index (χ2n) is 6.37. The molecule has 21 heavy (non-hydrogen) atoms. The van der Waals surface area contributed by atoms with E-state index in [9.17, 15) is 0 Å². The molecule has 1 N–H and O–H groups in total. The Labute approximate surface area is 129 Å². The highest BCUT2D eigenvalue weighted by molar-refractivity contribution is 5.10. The second kappa shape index (κ2) is 7.41. The average Bonchev–Trinajstić information content (AvgIpc) is 3.16. The van der Waals surface area contributed by atoms with Gasteiger partial charge in [-0.3, -0.25) is 4.90 Å². The molecule has 120 valence electrons. The third kappa shape index (κ3) is 3.32. The Bertz CT molecular complexity index is 422. The quantitative estimate of drug-likeness (QED) is 0.798. The largest absolute Gasteiger partial charge is 0.334 e. The van der Waals surface area contributed by atoms with E-state index in [1.165, 1.54) is 31.8 Å². The maximum atomic E-state index is 4.71. The van der Waals surface area contributed by atoms with Crippen LogP contribution in [0.2, 0.25) is 0 Å². The fourth-order valence-electron chi connectivity index (χ4n) is 3.64. The molecule has 1 aliphatic rings. The highest BCUT2D eigenvalue weighted by Gasteiger charge is 2.41. The van der Waals surface area contributed by atoms with Gasteiger partial charge in [0.05, 0.1) is 6.04 Å². The lowest BCUT2D eigenvalue weighted by molar-refractivity contribution is 0.0794. The van der Waals surface area contributed by atoms with E-state index < -0.39 is 0 Å². The molecule has 0 aliphatic carbocycles. The molecule has 1 aromatic heterocycles. The Balaban J connectivity index is 2.33. The summed E-state index contributed by atoms with van der Waals surface area (Å²) < 4.78 is 2.33. The van der Waals surface area contributed by atoms with Crippen LogP contribution in [0.3, 0.4) is 0 Å². The summed E-state index contributed by atoms with van der Waals surface area (Å²) in [6.45, 7) is 13.6. The van der Waals surface area contributed by atoms with Crippen LogP contribution in [0.4, 0.5) is 0 Å². The summed E-state index contributed by atoms with van der Waals surface area (Å²) in [5.74, 6) is 1.20. The van der Waals surface area contributed by atoms with Crippen molar-refractivity contribution in [2.45, 2.75) is 71.5 Å². The minimum Gasteiger partial charge on any atom is -0.334 e. The van der Waals surface area contributed by atoms with E-state index in [0.717, 1.165) is 25.9 Å². The molecule has 4 heteroatoms. The van der Waals surface area contributed by atoms with Crippen molar-refractivity contribution in [3.05, 3.63) is 18.2 Å². The first kappa shape index (κ1) is 16.5. The molecule has 0 aromatic carbocycles. The molecular formula is C17H32N4. The molecular weight excluding hydrogens is 260 g/mol. The van der Waals surface area contributed by atoms with E-state index in [1.807, 2.05) is 6.20 Å². The van der Waals surface area contributed by atoms with Crippen LogP contribution < -0.4 is 5.32 Å². The summed E-state index contributed by atoms with van der Waals surface area (Å²) in [5.41, 5.74) is 0.142. The van der Waals surface area contributed by atoms with Gasteiger partial charge in [-0.05, 0) is 52.2 Å². The van der Waals surface area contributed by atoms with Crippen molar-refractivity contribution in [2.24, 2.45) is 0 Å². The van der Waals surface area contributed by atoms with Crippen molar-refractivity contribution in [2.75, 3.05) is 19.6 Å². The molecule has 1 saturated heterocycles. The third-order valence-corrected chi connectivity index (χ3v) is 5.04. The van der Waals surface area contributed by atoms with Gasteiger partial charge in [-0.15, -0.1) is 0 Å². The van der Waals surface area contributed by atoms with Crippen molar-refractivity contribution in [3.8, 4) is 0 Å². The van der Waals surface area contributed by atoms with Crippen LogP contribution in [0, 0.1) is 0 Å². The third-order valence-electron chi connectivity index (χ3n) is 5.04. The van der Waals surface area contributed by atoms with Crippen molar-refractivity contribution in [1.82, 2.24) is 19.8 Å². The van der Waals surface area contributed by atoms with Crippen LogP contribution in [-0.2, 0) is 6.54 Å². The van der Waals surface area contributed by atoms with E-state index in [4.69, 9.17) is 4.98 Å². The number of likely N-dealkylation sites (tertiary alicyclic amines) is 1. The van der Waals surface area contributed by atoms with E-state index >= 15 is 0 Å². The molecule has 2 atom stereocenters. The Morgan fingerprint density at radius 2 is 2.00 bits per heavy atom. The van der Waals surface area contributed by atoms with E-state index in [0.29, 0.717) is 6.04 Å². The Morgan fingerprint density at radius 1 is 1.29 bits per heavy atom. The maximum Gasteiger partial charge on any atom is 0.127 e. The molecule has 0 saturated carbocycles. The van der Waals surface area contributed by atoms with Crippen LogP contribution in [0.25, 0.3) is 0 Å². The van der Waals surface area contributed by atoms with Gasteiger partial charge in [-0.2, -0.15) is 0 Å². The van der Waals surface area contributed by atoms with Gasteiger partial charge >= 0.3 is 0 Å². The average molecular weight is 292 g/mol. The number of aryl methyl sites for hydroxylation is 1. The van der Waals surface area contributed by atoms with Crippen molar-refractivity contribution >= 4 is 0 Å². The lowest BCUT2D eigenvalue weighted by Crippen LogP contribution is -2.54. The van der Waals surface area contributed by atoms with Crippen LogP contribution in [0.5, 0.6) is 0 Å². The first-order valence-corrected chi connectivity index (χ1v) is 8.66. The first-order chi connectivity index (χ1) is 10.2. The lowest BCUT2D eigenvalue weighted by atomic mass is 9.86. The van der Waals surface area contributed by atoms with Gasteiger partial charge < -0.3 is 9.88 Å². The maximum absolute atomic E-state index is 4.71. The van der Waals surface area contributed by atoms with E-state index in [1.54, 1.807) is 0 Å².